The Labute approximate surface area is 106 Å². The number of halogens is 3. The second-order valence-corrected chi connectivity index (χ2v) is 2.43. The molecule has 8 N–H and O–H groups in total. The normalized spacial score (nSPS) is 7.73. The number of hydrogen-bond donors (Lipinski definition) is 4. The molecule has 0 aliphatic rings. The van der Waals surface area contributed by atoms with Gasteiger partial charge < -0.3 is 22.9 Å². The predicted molar refractivity (Wildman–Crippen MR) is 69.9 cm³/mol. The fraction of sp³-hybridized carbons (Fsp3) is 0. The Morgan fingerprint density at radius 2 is 1.27 bits per heavy atom. The largest absolute Gasteiger partial charge is 0.397 e. The van der Waals surface area contributed by atoms with Crippen LogP contribution >= 0.6 is 37.2 Å². The number of rotatable bonds is 1. The van der Waals surface area contributed by atoms with Crippen molar-refractivity contribution in [2.24, 2.45) is 5.73 Å². The van der Waals surface area contributed by atoms with Crippen molar-refractivity contribution in [3.05, 3.63) is 17.7 Å². The minimum Gasteiger partial charge on any atom is -0.397 e. The van der Waals surface area contributed by atoms with E-state index in [2.05, 4.69) is 0 Å². The summed E-state index contributed by atoms with van der Waals surface area (Å²) in [4.78, 5) is 10.7. The Hall–Kier alpha value is -1.04. The number of nitrogen functional groups attached to an aromatic ring is 3. The van der Waals surface area contributed by atoms with E-state index in [0.29, 0.717) is 0 Å². The van der Waals surface area contributed by atoms with E-state index in [1.54, 1.807) is 0 Å². The zero-order valence-electron chi connectivity index (χ0n) is 7.60. The second kappa shape index (κ2) is 7.28. The van der Waals surface area contributed by atoms with Gasteiger partial charge in [-0.15, -0.1) is 37.2 Å². The number of carbonyl (C=O) groups excluding carboxylic acids is 1. The molecule has 0 spiro atoms. The molecule has 0 atom stereocenters. The quantitative estimate of drug-likeness (QED) is 0.566. The third-order valence-corrected chi connectivity index (χ3v) is 1.53. The molecule has 8 heteroatoms. The Morgan fingerprint density at radius 1 is 0.933 bits per heavy atom. The van der Waals surface area contributed by atoms with E-state index in [1.807, 2.05) is 0 Å². The molecule has 0 aliphatic heterocycles. The highest BCUT2D eigenvalue weighted by Gasteiger charge is 2.06. The van der Waals surface area contributed by atoms with Crippen LogP contribution in [0.2, 0.25) is 0 Å². The topological polar surface area (TPSA) is 121 Å². The lowest BCUT2D eigenvalue weighted by Crippen LogP contribution is -2.12. The van der Waals surface area contributed by atoms with Crippen LogP contribution in [-0.4, -0.2) is 5.91 Å². The van der Waals surface area contributed by atoms with Gasteiger partial charge >= 0.3 is 0 Å². The van der Waals surface area contributed by atoms with Gasteiger partial charge in [0.05, 0.1) is 17.1 Å². The van der Waals surface area contributed by atoms with Crippen molar-refractivity contribution in [3.63, 3.8) is 0 Å². The lowest BCUT2D eigenvalue weighted by atomic mass is 10.1. The van der Waals surface area contributed by atoms with Gasteiger partial charge in [0.25, 0.3) is 0 Å². The number of amides is 1. The molecule has 1 aromatic carbocycles. The lowest BCUT2D eigenvalue weighted by molar-refractivity contribution is 0.100. The number of benzene rings is 1. The first kappa shape index (κ1) is 19.5. The van der Waals surface area contributed by atoms with Gasteiger partial charge in [0, 0.05) is 5.56 Å². The molecule has 0 aliphatic carbocycles. The maximum atomic E-state index is 10.7. The van der Waals surface area contributed by atoms with Crippen LogP contribution in [-0.2, 0) is 0 Å². The summed E-state index contributed by atoms with van der Waals surface area (Å²) in [6.07, 6.45) is 0. The smallest absolute Gasteiger partial charge is 0.248 e. The highest BCUT2D eigenvalue weighted by atomic mass is 35.5. The number of nitrogens with two attached hydrogens (primary N) is 4. The number of anilines is 3. The van der Waals surface area contributed by atoms with Crippen molar-refractivity contribution in [1.82, 2.24) is 0 Å². The first-order valence-electron chi connectivity index (χ1n) is 3.26. The third-order valence-electron chi connectivity index (χ3n) is 1.53. The molecule has 0 radical (unpaired) electrons. The minimum atomic E-state index is -0.576. The van der Waals surface area contributed by atoms with Crippen LogP contribution < -0.4 is 22.9 Å². The summed E-state index contributed by atoms with van der Waals surface area (Å²) < 4.78 is 0. The maximum Gasteiger partial charge on any atom is 0.248 e. The summed E-state index contributed by atoms with van der Waals surface area (Å²) in [5.41, 5.74) is 22.4. The zero-order valence-corrected chi connectivity index (χ0v) is 10.0. The van der Waals surface area contributed by atoms with Crippen LogP contribution in [0.25, 0.3) is 0 Å². The van der Waals surface area contributed by atoms with Gasteiger partial charge in [0.2, 0.25) is 5.91 Å². The summed E-state index contributed by atoms with van der Waals surface area (Å²) in [5.74, 6) is -0.576. The Balaban J connectivity index is -0.000000480. The highest BCUT2D eigenvalue weighted by molar-refractivity contribution is 5.97. The van der Waals surface area contributed by atoms with Gasteiger partial charge in [-0.1, -0.05) is 0 Å². The summed E-state index contributed by atoms with van der Waals surface area (Å²) in [7, 11) is 0. The van der Waals surface area contributed by atoms with Gasteiger partial charge in [-0.2, -0.15) is 0 Å². The average molecular weight is 276 g/mol. The van der Waals surface area contributed by atoms with E-state index < -0.39 is 5.91 Å². The van der Waals surface area contributed by atoms with Gasteiger partial charge in [-0.3, -0.25) is 4.79 Å². The summed E-state index contributed by atoms with van der Waals surface area (Å²) in [6.45, 7) is 0. The summed E-state index contributed by atoms with van der Waals surface area (Å²) >= 11 is 0. The van der Waals surface area contributed by atoms with Crippen LogP contribution in [0.15, 0.2) is 12.1 Å². The molecule has 88 valence electrons. The van der Waals surface area contributed by atoms with Crippen molar-refractivity contribution < 1.29 is 4.79 Å². The second-order valence-electron chi connectivity index (χ2n) is 2.43. The molecule has 0 saturated carbocycles. The SMILES string of the molecule is Cl.Cl.Cl.NC(=O)c1cc(N)c(N)c(N)c1. The first-order valence-corrected chi connectivity index (χ1v) is 3.26. The molecule has 0 heterocycles. The van der Waals surface area contributed by atoms with Crippen molar-refractivity contribution in [2.75, 3.05) is 17.2 Å². The summed E-state index contributed by atoms with van der Waals surface area (Å²) in [6, 6.07) is 2.79. The standard InChI is InChI=1S/C7H10N4O.3ClH/c8-4-1-3(7(11)12)2-5(9)6(4)10;;;/h1-2H,8-10H2,(H2,11,12);3*1H. The fourth-order valence-electron chi connectivity index (χ4n) is 0.841. The van der Waals surface area contributed by atoms with E-state index in [4.69, 9.17) is 22.9 Å². The van der Waals surface area contributed by atoms with E-state index in [0.717, 1.165) is 0 Å². The van der Waals surface area contributed by atoms with E-state index in [1.165, 1.54) is 12.1 Å². The van der Waals surface area contributed by atoms with Crippen LogP contribution in [0.5, 0.6) is 0 Å². The van der Waals surface area contributed by atoms with Gasteiger partial charge in [0.15, 0.2) is 0 Å². The van der Waals surface area contributed by atoms with Crippen LogP contribution in [0.4, 0.5) is 17.1 Å². The van der Waals surface area contributed by atoms with Gasteiger partial charge in [-0.25, -0.2) is 0 Å². The molecule has 0 aromatic heterocycles. The van der Waals surface area contributed by atoms with Crippen LogP contribution in [0, 0.1) is 0 Å². The van der Waals surface area contributed by atoms with Gasteiger partial charge in [0.1, 0.15) is 0 Å². The molecule has 0 bridgehead atoms. The molecule has 1 rings (SSSR count). The summed E-state index contributed by atoms with van der Waals surface area (Å²) in [5, 5.41) is 0. The Bertz CT molecular complexity index is 322. The van der Waals surface area contributed by atoms with Crippen LogP contribution in [0.1, 0.15) is 10.4 Å². The van der Waals surface area contributed by atoms with Gasteiger partial charge in [-0.05, 0) is 12.1 Å². The molecular weight excluding hydrogens is 262 g/mol. The zero-order chi connectivity index (χ0) is 9.30. The first-order chi connectivity index (χ1) is 5.52. The van der Waals surface area contributed by atoms with Crippen molar-refractivity contribution >= 4 is 60.2 Å². The van der Waals surface area contributed by atoms with Crippen molar-refractivity contribution in [1.29, 1.82) is 0 Å². The third kappa shape index (κ3) is 4.33. The number of hydrogen-bond acceptors (Lipinski definition) is 4. The molecule has 5 nitrogen and oxygen atoms in total. The monoisotopic (exact) mass is 274 g/mol. The molecule has 0 fully saturated rings. The average Bonchev–Trinajstić information content (AvgIpc) is 1.99. The molecular formula is C7H13Cl3N4O. The maximum absolute atomic E-state index is 10.7. The lowest BCUT2D eigenvalue weighted by Gasteiger charge is -2.05. The van der Waals surface area contributed by atoms with Crippen LogP contribution in [0.3, 0.4) is 0 Å². The van der Waals surface area contributed by atoms with Crippen molar-refractivity contribution in [3.8, 4) is 0 Å². The van der Waals surface area contributed by atoms with E-state index in [9.17, 15) is 4.79 Å². The molecule has 1 aromatic rings. The molecule has 15 heavy (non-hydrogen) atoms. The molecule has 1 amide bonds. The van der Waals surface area contributed by atoms with Crippen molar-refractivity contribution in [2.45, 2.75) is 0 Å². The van der Waals surface area contributed by atoms with E-state index >= 15 is 0 Å². The Kier molecular flexibility index (Phi) is 9.47. The number of primary amides is 1. The molecule has 0 unspecified atom stereocenters. The highest BCUT2D eigenvalue weighted by Crippen LogP contribution is 2.23. The van der Waals surface area contributed by atoms with E-state index in [-0.39, 0.29) is 59.8 Å². The number of carbonyl (C=O) groups is 1. The minimum absolute atomic E-state index is 0. The Morgan fingerprint density at radius 3 is 1.53 bits per heavy atom. The predicted octanol–water partition coefficient (Wildman–Crippen LogP) is 0.798. The molecule has 0 saturated heterocycles. The fourth-order valence-corrected chi connectivity index (χ4v) is 0.841.